The first-order valence-corrected chi connectivity index (χ1v) is 5.65. The van der Waals surface area contributed by atoms with Crippen LogP contribution in [0.4, 0.5) is 0 Å². The van der Waals surface area contributed by atoms with Crippen LogP contribution in [0, 0.1) is 0 Å². The molecule has 0 unspecified atom stereocenters. The summed E-state index contributed by atoms with van der Waals surface area (Å²) in [6, 6.07) is 0. The number of nitrogens with one attached hydrogen (secondary N) is 1. The highest BCUT2D eigenvalue weighted by Gasteiger charge is 2.13. The van der Waals surface area contributed by atoms with Crippen molar-refractivity contribution in [1.29, 1.82) is 0 Å². The van der Waals surface area contributed by atoms with Crippen molar-refractivity contribution in [3.8, 4) is 0 Å². The summed E-state index contributed by atoms with van der Waals surface area (Å²) >= 11 is 0. The van der Waals surface area contributed by atoms with E-state index in [1.54, 1.807) is 0 Å². The van der Waals surface area contributed by atoms with Crippen molar-refractivity contribution in [2.45, 2.75) is 32.6 Å². The van der Waals surface area contributed by atoms with Crippen LogP contribution in [0.5, 0.6) is 0 Å². The number of hydrogen-bond donors (Lipinski definition) is 1. The van der Waals surface area contributed by atoms with Gasteiger partial charge in [-0.25, -0.2) is 0 Å². The molecule has 1 nitrogen and oxygen atoms in total. The van der Waals surface area contributed by atoms with Gasteiger partial charge in [-0.1, -0.05) is 26.2 Å². The maximum atomic E-state index is 4.14. The molecule has 0 atom stereocenters. The molecule has 0 amide bonds. The minimum absolute atomic E-state index is 1.03. The molecule has 0 aromatic rings. The Hall–Kier alpha value is -1.24. The molecule has 1 aliphatic rings. The van der Waals surface area contributed by atoms with Crippen molar-refractivity contribution in [2.75, 3.05) is 7.05 Å². The fourth-order valence-corrected chi connectivity index (χ4v) is 1.90. The molecule has 0 saturated carbocycles. The average Bonchev–Trinajstić information content (AvgIpc) is 2.27. The second-order valence-corrected chi connectivity index (χ2v) is 3.88. The van der Waals surface area contributed by atoms with Crippen molar-refractivity contribution < 1.29 is 0 Å². The largest absolute Gasteiger partial charge is 0.391 e. The van der Waals surface area contributed by atoms with E-state index in [1.807, 2.05) is 13.1 Å². The third kappa shape index (κ3) is 2.85. The molecule has 1 rings (SSSR count). The van der Waals surface area contributed by atoms with Crippen molar-refractivity contribution in [1.82, 2.24) is 5.32 Å². The van der Waals surface area contributed by atoms with Gasteiger partial charge >= 0.3 is 0 Å². The van der Waals surface area contributed by atoms with Gasteiger partial charge in [-0.3, -0.25) is 0 Å². The third-order valence-electron chi connectivity index (χ3n) is 2.91. The van der Waals surface area contributed by atoms with Crippen LogP contribution in [0.25, 0.3) is 0 Å². The molecule has 1 heteroatoms. The van der Waals surface area contributed by atoms with Crippen LogP contribution in [-0.2, 0) is 0 Å². The Labute approximate surface area is 93.3 Å². The Bertz CT molecular complexity index is 318. The molecule has 0 aromatic heterocycles. The molecule has 0 spiro atoms. The second kappa shape index (κ2) is 5.59. The zero-order chi connectivity index (χ0) is 11.3. The van der Waals surface area contributed by atoms with E-state index in [2.05, 4.69) is 31.5 Å². The molecule has 0 fully saturated rings. The van der Waals surface area contributed by atoms with Crippen molar-refractivity contribution in [2.24, 2.45) is 0 Å². The number of hydrogen-bond acceptors (Lipinski definition) is 1. The van der Waals surface area contributed by atoms with E-state index in [1.165, 1.54) is 28.8 Å². The van der Waals surface area contributed by atoms with Gasteiger partial charge in [0, 0.05) is 12.7 Å². The lowest BCUT2D eigenvalue weighted by Crippen LogP contribution is -2.13. The monoisotopic (exact) mass is 203 g/mol. The first kappa shape index (κ1) is 11.8. The molecule has 82 valence electrons. The molecule has 15 heavy (non-hydrogen) atoms. The van der Waals surface area contributed by atoms with Crippen LogP contribution < -0.4 is 5.32 Å². The van der Waals surface area contributed by atoms with E-state index in [-0.39, 0.29) is 0 Å². The molecule has 1 aliphatic carbocycles. The van der Waals surface area contributed by atoms with E-state index in [4.69, 9.17) is 0 Å². The molecular formula is C14H21N. The van der Waals surface area contributed by atoms with Gasteiger partial charge in [0.2, 0.25) is 0 Å². The minimum atomic E-state index is 1.03. The first-order valence-electron chi connectivity index (χ1n) is 5.65. The summed E-state index contributed by atoms with van der Waals surface area (Å²) in [4.78, 5) is 0. The van der Waals surface area contributed by atoms with Gasteiger partial charge in [-0.15, -0.1) is 0 Å². The normalized spacial score (nSPS) is 18.0. The Kier molecular flexibility index (Phi) is 4.41. The maximum absolute atomic E-state index is 4.14. The smallest absolute Gasteiger partial charge is 0.0180 e. The van der Waals surface area contributed by atoms with E-state index >= 15 is 0 Å². The van der Waals surface area contributed by atoms with E-state index < -0.39 is 0 Å². The van der Waals surface area contributed by atoms with Crippen molar-refractivity contribution in [3.05, 3.63) is 47.7 Å². The summed E-state index contributed by atoms with van der Waals surface area (Å²) in [6.45, 7) is 10.1. The Morgan fingerprint density at radius 3 is 2.73 bits per heavy atom. The van der Waals surface area contributed by atoms with Crippen LogP contribution in [0.15, 0.2) is 47.7 Å². The lowest BCUT2D eigenvalue weighted by atomic mass is 9.90. The highest BCUT2D eigenvalue weighted by atomic mass is 14.8. The van der Waals surface area contributed by atoms with Crippen molar-refractivity contribution >= 4 is 0 Å². The molecule has 0 saturated heterocycles. The van der Waals surface area contributed by atoms with E-state index in [0.717, 1.165) is 19.3 Å². The lowest BCUT2D eigenvalue weighted by Gasteiger charge is -2.20. The van der Waals surface area contributed by atoms with Crippen LogP contribution in [0.3, 0.4) is 0 Å². The summed E-state index contributed by atoms with van der Waals surface area (Å²) in [5, 5.41) is 3.28. The van der Waals surface area contributed by atoms with Gasteiger partial charge in [0.25, 0.3) is 0 Å². The Morgan fingerprint density at radius 2 is 2.20 bits per heavy atom. The van der Waals surface area contributed by atoms with Gasteiger partial charge in [0.15, 0.2) is 0 Å². The Morgan fingerprint density at radius 1 is 1.47 bits per heavy atom. The summed E-state index contributed by atoms with van der Waals surface area (Å²) in [5.41, 5.74) is 5.14. The molecule has 0 bridgehead atoms. The topological polar surface area (TPSA) is 12.0 Å². The second-order valence-electron chi connectivity index (χ2n) is 3.88. The maximum Gasteiger partial charge on any atom is 0.0180 e. The average molecular weight is 203 g/mol. The molecular weight excluding hydrogens is 182 g/mol. The molecule has 0 heterocycles. The lowest BCUT2D eigenvalue weighted by molar-refractivity contribution is 0.720. The molecule has 1 N–H and O–H groups in total. The van der Waals surface area contributed by atoms with Gasteiger partial charge in [-0.05, 0) is 48.5 Å². The molecule has 0 aromatic carbocycles. The number of allylic oxidation sites excluding steroid dienone is 6. The zero-order valence-corrected chi connectivity index (χ0v) is 9.90. The summed E-state index contributed by atoms with van der Waals surface area (Å²) < 4.78 is 0. The Balaban J connectivity index is 3.06. The predicted octanol–water partition coefficient (Wildman–Crippen LogP) is 3.72. The van der Waals surface area contributed by atoms with Crippen molar-refractivity contribution in [3.63, 3.8) is 0 Å². The third-order valence-corrected chi connectivity index (χ3v) is 2.91. The molecule has 0 aliphatic heterocycles. The summed E-state index contributed by atoms with van der Waals surface area (Å²) in [7, 11) is 1.99. The SMILES string of the molecule is C=C/C(=C\C1=C(NC)CCCC1=C)CC. The zero-order valence-electron chi connectivity index (χ0n) is 9.90. The standard InChI is InChI=1S/C14H21N/c1-5-12(6-2)10-13-11(3)8-7-9-14(13)15-4/h5,10,15H,1,3,6-9H2,2,4H3/b12-10+. The summed E-state index contributed by atoms with van der Waals surface area (Å²) in [6.07, 6.45) is 8.64. The highest BCUT2D eigenvalue weighted by molar-refractivity contribution is 5.46. The minimum Gasteiger partial charge on any atom is -0.391 e. The van der Waals surface area contributed by atoms with Gasteiger partial charge in [0.05, 0.1) is 0 Å². The van der Waals surface area contributed by atoms with Gasteiger partial charge < -0.3 is 5.32 Å². The first-order chi connectivity index (χ1) is 7.22. The van der Waals surface area contributed by atoms with Gasteiger partial charge in [-0.2, -0.15) is 0 Å². The fourth-order valence-electron chi connectivity index (χ4n) is 1.90. The van der Waals surface area contributed by atoms with Crippen LogP contribution in [-0.4, -0.2) is 7.05 Å². The number of rotatable bonds is 4. The predicted molar refractivity (Wildman–Crippen MR) is 67.6 cm³/mol. The molecule has 0 radical (unpaired) electrons. The van der Waals surface area contributed by atoms with Crippen LogP contribution in [0.1, 0.15) is 32.6 Å². The van der Waals surface area contributed by atoms with E-state index in [9.17, 15) is 0 Å². The highest BCUT2D eigenvalue weighted by Crippen LogP contribution is 2.29. The van der Waals surface area contributed by atoms with Crippen LogP contribution in [0.2, 0.25) is 0 Å². The quantitative estimate of drug-likeness (QED) is 0.687. The van der Waals surface area contributed by atoms with E-state index in [0.29, 0.717) is 0 Å². The van der Waals surface area contributed by atoms with Crippen LogP contribution >= 0.6 is 0 Å². The van der Waals surface area contributed by atoms with Gasteiger partial charge in [0.1, 0.15) is 0 Å². The summed E-state index contributed by atoms with van der Waals surface area (Å²) in [5.74, 6) is 0. The fraction of sp³-hybridized carbons (Fsp3) is 0.429.